The van der Waals surface area contributed by atoms with Crippen LogP contribution in [0.25, 0.3) is 0 Å². The van der Waals surface area contributed by atoms with Crippen molar-refractivity contribution in [3.05, 3.63) is 64.7 Å². The second-order valence-electron chi connectivity index (χ2n) is 4.79. The molecular formula is C17H20ClNS. The maximum Gasteiger partial charge on any atom is 0.0415 e. The normalized spacial score (nSPS) is 12.3. The summed E-state index contributed by atoms with van der Waals surface area (Å²) in [6.45, 7) is 5.24. The Bertz CT molecular complexity index is 522. The van der Waals surface area contributed by atoms with Gasteiger partial charge in [0.05, 0.1) is 0 Å². The summed E-state index contributed by atoms with van der Waals surface area (Å²) in [4.78, 5) is 1.25. The first kappa shape index (κ1) is 15.4. The van der Waals surface area contributed by atoms with E-state index in [0.717, 1.165) is 17.3 Å². The lowest BCUT2D eigenvalue weighted by molar-refractivity contribution is 0.606. The van der Waals surface area contributed by atoms with Gasteiger partial charge in [-0.1, -0.05) is 48.4 Å². The van der Waals surface area contributed by atoms with Gasteiger partial charge in [-0.25, -0.2) is 0 Å². The van der Waals surface area contributed by atoms with Crippen molar-refractivity contribution in [1.29, 1.82) is 0 Å². The molecule has 20 heavy (non-hydrogen) atoms. The van der Waals surface area contributed by atoms with Crippen molar-refractivity contribution in [2.24, 2.45) is 0 Å². The zero-order valence-corrected chi connectivity index (χ0v) is 13.5. The standard InChI is InChI=1S/C17H20ClNS/c1-3-19-17(14-6-4-13(2)5-7-14)12-20-16-10-8-15(18)9-11-16/h4-11,17,19H,3,12H2,1-2H3. The van der Waals surface area contributed by atoms with E-state index in [2.05, 4.69) is 55.6 Å². The number of thioether (sulfide) groups is 1. The van der Waals surface area contributed by atoms with E-state index in [1.165, 1.54) is 16.0 Å². The summed E-state index contributed by atoms with van der Waals surface area (Å²) >= 11 is 7.77. The van der Waals surface area contributed by atoms with Crippen LogP contribution in [0.5, 0.6) is 0 Å². The van der Waals surface area contributed by atoms with Gasteiger partial charge in [0.15, 0.2) is 0 Å². The minimum absolute atomic E-state index is 0.376. The number of halogens is 1. The van der Waals surface area contributed by atoms with Crippen molar-refractivity contribution in [3.63, 3.8) is 0 Å². The van der Waals surface area contributed by atoms with Crippen molar-refractivity contribution < 1.29 is 0 Å². The molecule has 2 rings (SSSR count). The van der Waals surface area contributed by atoms with E-state index in [1.54, 1.807) is 0 Å². The van der Waals surface area contributed by atoms with Crippen LogP contribution in [0.2, 0.25) is 5.02 Å². The highest BCUT2D eigenvalue weighted by Crippen LogP contribution is 2.26. The molecular weight excluding hydrogens is 286 g/mol. The molecule has 0 aliphatic rings. The van der Waals surface area contributed by atoms with E-state index in [9.17, 15) is 0 Å². The predicted octanol–water partition coefficient (Wildman–Crippen LogP) is 5.09. The molecule has 0 spiro atoms. The maximum atomic E-state index is 5.91. The summed E-state index contributed by atoms with van der Waals surface area (Å²) in [6.07, 6.45) is 0. The van der Waals surface area contributed by atoms with Crippen molar-refractivity contribution in [2.75, 3.05) is 12.3 Å². The predicted molar refractivity (Wildman–Crippen MR) is 89.8 cm³/mol. The van der Waals surface area contributed by atoms with Crippen LogP contribution in [0.3, 0.4) is 0 Å². The van der Waals surface area contributed by atoms with Gasteiger partial charge < -0.3 is 5.32 Å². The lowest BCUT2D eigenvalue weighted by atomic mass is 10.1. The molecule has 1 atom stereocenters. The molecule has 0 amide bonds. The van der Waals surface area contributed by atoms with Gasteiger partial charge in [0.1, 0.15) is 0 Å². The lowest BCUT2D eigenvalue weighted by Gasteiger charge is -2.18. The number of nitrogens with one attached hydrogen (secondary N) is 1. The molecule has 1 unspecified atom stereocenters. The zero-order chi connectivity index (χ0) is 14.4. The van der Waals surface area contributed by atoms with E-state index in [0.29, 0.717) is 6.04 Å². The van der Waals surface area contributed by atoms with Crippen LogP contribution in [0, 0.1) is 6.92 Å². The SMILES string of the molecule is CCNC(CSc1ccc(Cl)cc1)c1ccc(C)cc1. The molecule has 3 heteroatoms. The number of hydrogen-bond acceptors (Lipinski definition) is 2. The highest BCUT2D eigenvalue weighted by molar-refractivity contribution is 7.99. The second kappa shape index (κ2) is 7.72. The zero-order valence-electron chi connectivity index (χ0n) is 11.9. The van der Waals surface area contributed by atoms with Gasteiger partial charge in [0.25, 0.3) is 0 Å². The van der Waals surface area contributed by atoms with Gasteiger partial charge in [-0.2, -0.15) is 0 Å². The summed E-state index contributed by atoms with van der Waals surface area (Å²) in [5.41, 5.74) is 2.65. The van der Waals surface area contributed by atoms with E-state index in [-0.39, 0.29) is 0 Å². The molecule has 0 radical (unpaired) electrons. The molecule has 0 heterocycles. The van der Waals surface area contributed by atoms with Crippen molar-refractivity contribution in [1.82, 2.24) is 5.32 Å². The minimum Gasteiger partial charge on any atom is -0.309 e. The summed E-state index contributed by atoms with van der Waals surface area (Å²) in [6, 6.07) is 17.2. The highest BCUT2D eigenvalue weighted by atomic mass is 35.5. The lowest BCUT2D eigenvalue weighted by Crippen LogP contribution is -2.22. The topological polar surface area (TPSA) is 12.0 Å². The van der Waals surface area contributed by atoms with Crippen LogP contribution < -0.4 is 5.32 Å². The molecule has 0 saturated heterocycles. The number of hydrogen-bond donors (Lipinski definition) is 1. The third-order valence-corrected chi connectivity index (χ3v) is 4.52. The monoisotopic (exact) mass is 305 g/mol. The Labute approximate surface area is 130 Å². The molecule has 0 bridgehead atoms. The van der Waals surface area contributed by atoms with E-state index >= 15 is 0 Å². The summed E-state index contributed by atoms with van der Waals surface area (Å²) in [5, 5.41) is 4.34. The maximum absolute atomic E-state index is 5.91. The minimum atomic E-state index is 0.376. The van der Waals surface area contributed by atoms with Gasteiger partial charge in [-0.05, 0) is 43.3 Å². The molecule has 0 aromatic heterocycles. The van der Waals surface area contributed by atoms with Crippen LogP contribution in [0.15, 0.2) is 53.4 Å². The summed E-state index contributed by atoms with van der Waals surface area (Å²) in [7, 11) is 0. The smallest absolute Gasteiger partial charge is 0.0415 e. The largest absolute Gasteiger partial charge is 0.309 e. The van der Waals surface area contributed by atoms with Crippen molar-refractivity contribution in [3.8, 4) is 0 Å². The quantitative estimate of drug-likeness (QED) is 0.746. The van der Waals surface area contributed by atoms with Crippen LogP contribution in [-0.2, 0) is 0 Å². The van der Waals surface area contributed by atoms with Crippen molar-refractivity contribution >= 4 is 23.4 Å². The average Bonchev–Trinajstić information content (AvgIpc) is 2.46. The van der Waals surface area contributed by atoms with E-state index in [4.69, 9.17) is 11.6 Å². The molecule has 2 aromatic carbocycles. The van der Waals surface area contributed by atoms with Gasteiger partial charge in [0.2, 0.25) is 0 Å². The fourth-order valence-electron chi connectivity index (χ4n) is 2.03. The van der Waals surface area contributed by atoms with Crippen LogP contribution >= 0.6 is 23.4 Å². The summed E-state index contributed by atoms with van der Waals surface area (Å²) < 4.78 is 0. The van der Waals surface area contributed by atoms with E-state index in [1.807, 2.05) is 23.9 Å². The van der Waals surface area contributed by atoms with Gasteiger partial charge in [-0.15, -0.1) is 11.8 Å². The van der Waals surface area contributed by atoms with E-state index < -0.39 is 0 Å². The molecule has 0 aliphatic heterocycles. The fraction of sp³-hybridized carbons (Fsp3) is 0.294. The Hall–Kier alpha value is -0.960. The Morgan fingerprint density at radius 2 is 1.70 bits per heavy atom. The van der Waals surface area contributed by atoms with Crippen LogP contribution in [-0.4, -0.2) is 12.3 Å². The Morgan fingerprint density at radius 3 is 2.30 bits per heavy atom. The highest BCUT2D eigenvalue weighted by Gasteiger charge is 2.10. The van der Waals surface area contributed by atoms with Gasteiger partial charge in [0, 0.05) is 21.7 Å². The van der Waals surface area contributed by atoms with Crippen LogP contribution in [0.4, 0.5) is 0 Å². The van der Waals surface area contributed by atoms with Crippen LogP contribution in [0.1, 0.15) is 24.1 Å². The van der Waals surface area contributed by atoms with Crippen molar-refractivity contribution in [2.45, 2.75) is 24.8 Å². The Morgan fingerprint density at radius 1 is 1.05 bits per heavy atom. The summed E-state index contributed by atoms with van der Waals surface area (Å²) in [5.74, 6) is 1.01. The second-order valence-corrected chi connectivity index (χ2v) is 6.32. The average molecular weight is 306 g/mol. The molecule has 0 saturated carbocycles. The number of benzene rings is 2. The molecule has 2 aromatic rings. The molecule has 106 valence electrons. The first-order valence-corrected chi connectivity index (χ1v) is 8.23. The first-order valence-electron chi connectivity index (χ1n) is 6.87. The fourth-order valence-corrected chi connectivity index (χ4v) is 3.15. The Balaban J connectivity index is 2.02. The third-order valence-electron chi connectivity index (χ3n) is 3.16. The molecule has 0 aliphatic carbocycles. The molecule has 1 nitrogen and oxygen atoms in total. The molecule has 0 fully saturated rings. The number of rotatable bonds is 6. The third kappa shape index (κ3) is 4.55. The number of aryl methyl sites for hydroxylation is 1. The first-order chi connectivity index (χ1) is 9.69. The Kier molecular flexibility index (Phi) is 5.96. The van der Waals surface area contributed by atoms with Gasteiger partial charge >= 0.3 is 0 Å². The van der Waals surface area contributed by atoms with Gasteiger partial charge in [-0.3, -0.25) is 0 Å². The molecule has 1 N–H and O–H groups in total.